The zero-order valence-electron chi connectivity index (χ0n) is 14.9. The van der Waals surface area contributed by atoms with Crippen LogP contribution in [0.4, 0.5) is 0 Å². The Bertz CT molecular complexity index is 557. The van der Waals surface area contributed by atoms with Gasteiger partial charge in [0, 0.05) is 26.2 Å². The summed E-state index contributed by atoms with van der Waals surface area (Å²) in [5, 5.41) is 3.47. The highest BCUT2D eigenvalue weighted by molar-refractivity contribution is 14.0. The molecule has 1 aromatic carbocycles. The van der Waals surface area contributed by atoms with Gasteiger partial charge in [-0.25, -0.2) is 0 Å². The molecule has 0 aromatic heterocycles. The molecule has 1 saturated heterocycles. The zero-order valence-corrected chi connectivity index (χ0v) is 17.2. The van der Waals surface area contributed by atoms with Crippen molar-refractivity contribution in [3.63, 3.8) is 0 Å². The molecule has 2 aliphatic rings. The molecule has 0 amide bonds. The van der Waals surface area contributed by atoms with Gasteiger partial charge in [-0.3, -0.25) is 4.99 Å². The minimum Gasteiger partial charge on any atom is -0.497 e. The van der Waals surface area contributed by atoms with Gasteiger partial charge in [-0.1, -0.05) is 18.6 Å². The number of aliphatic imine (C=N–C) groups is 1. The Balaban J connectivity index is 0.00000208. The summed E-state index contributed by atoms with van der Waals surface area (Å²) in [7, 11) is 1.71. The van der Waals surface area contributed by atoms with Gasteiger partial charge >= 0.3 is 0 Å². The fourth-order valence-electron chi connectivity index (χ4n) is 3.75. The molecule has 0 bridgehead atoms. The summed E-state index contributed by atoms with van der Waals surface area (Å²) in [5.41, 5.74) is 1.89. The maximum absolute atomic E-state index is 5.29. The van der Waals surface area contributed by atoms with Crippen LogP contribution in [0.3, 0.4) is 0 Å². The Morgan fingerprint density at radius 1 is 1.33 bits per heavy atom. The van der Waals surface area contributed by atoms with Crippen LogP contribution in [-0.4, -0.2) is 44.1 Å². The van der Waals surface area contributed by atoms with Crippen molar-refractivity contribution >= 4 is 29.9 Å². The first-order chi connectivity index (χ1) is 11.2. The molecule has 0 atom stereocenters. The van der Waals surface area contributed by atoms with Gasteiger partial charge in [-0.15, -0.1) is 24.0 Å². The lowest BCUT2D eigenvalue weighted by molar-refractivity contribution is 0.151. The molecule has 1 spiro atoms. The number of likely N-dealkylation sites (tertiary alicyclic amines) is 1. The number of methoxy groups -OCH3 is 1. The predicted molar refractivity (Wildman–Crippen MR) is 111 cm³/mol. The first-order valence-corrected chi connectivity index (χ1v) is 8.91. The van der Waals surface area contributed by atoms with Gasteiger partial charge in [0.15, 0.2) is 5.96 Å². The smallest absolute Gasteiger partial charge is 0.193 e. The van der Waals surface area contributed by atoms with Crippen molar-refractivity contribution in [1.82, 2.24) is 10.2 Å². The molecule has 1 N–H and O–H groups in total. The SMILES string of the molecule is CCNC(=NCCc1cccc(OC)c1)N1CCC2(CCC2)C1.I. The van der Waals surface area contributed by atoms with Crippen LogP contribution in [0.15, 0.2) is 29.3 Å². The average molecular weight is 443 g/mol. The van der Waals surface area contributed by atoms with Crippen molar-refractivity contribution in [3.05, 3.63) is 29.8 Å². The topological polar surface area (TPSA) is 36.9 Å². The highest BCUT2D eigenvalue weighted by Crippen LogP contribution is 2.47. The summed E-state index contributed by atoms with van der Waals surface area (Å²) in [6, 6.07) is 8.27. The molecule has 1 aromatic rings. The summed E-state index contributed by atoms with van der Waals surface area (Å²) in [4.78, 5) is 7.33. The minimum atomic E-state index is 0. The number of guanidine groups is 1. The summed E-state index contributed by atoms with van der Waals surface area (Å²) in [6.07, 6.45) is 6.52. The molecule has 5 heteroatoms. The normalized spacial score (nSPS) is 18.9. The third-order valence-electron chi connectivity index (χ3n) is 5.28. The number of rotatable bonds is 5. The van der Waals surface area contributed by atoms with Gasteiger partial charge in [0.2, 0.25) is 0 Å². The number of halogens is 1. The molecular weight excluding hydrogens is 413 g/mol. The number of benzene rings is 1. The number of ether oxygens (including phenoxy) is 1. The Hall–Kier alpha value is -0.980. The van der Waals surface area contributed by atoms with E-state index in [9.17, 15) is 0 Å². The second-order valence-corrected chi connectivity index (χ2v) is 6.86. The molecule has 0 unspecified atom stereocenters. The Kier molecular flexibility index (Phi) is 7.19. The lowest BCUT2D eigenvalue weighted by Gasteiger charge is -2.38. The third-order valence-corrected chi connectivity index (χ3v) is 5.28. The van der Waals surface area contributed by atoms with Crippen LogP contribution in [0.5, 0.6) is 5.75 Å². The van der Waals surface area contributed by atoms with Gasteiger partial charge in [-0.2, -0.15) is 0 Å². The molecule has 24 heavy (non-hydrogen) atoms. The van der Waals surface area contributed by atoms with Gasteiger partial charge in [-0.05, 0) is 55.7 Å². The third kappa shape index (κ3) is 4.55. The van der Waals surface area contributed by atoms with Crippen molar-refractivity contribution < 1.29 is 4.74 Å². The summed E-state index contributed by atoms with van der Waals surface area (Å²) < 4.78 is 5.29. The second-order valence-electron chi connectivity index (χ2n) is 6.86. The van der Waals surface area contributed by atoms with E-state index in [1.807, 2.05) is 12.1 Å². The van der Waals surface area contributed by atoms with E-state index in [0.29, 0.717) is 5.41 Å². The number of nitrogens with one attached hydrogen (secondary N) is 1. The van der Waals surface area contributed by atoms with E-state index in [0.717, 1.165) is 37.8 Å². The van der Waals surface area contributed by atoms with Crippen LogP contribution < -0.4 is 10.1 Å². The highest BCUT2D eigenvalue weighted by atomic mass is 127. The van der Waals surface area contributed by atoms with E-state index < -0.39 is 0 Å². The number of nitrogens with zero attached hydrogens (tertiary/aromatic N) is 2. The zero-order chi connectivity index (χ0) is 16.1. The lowest BCUT2D eigenvalue weighted by Crippen LogP contribution is -2.42. The molecule has 3 rings (SSSR count). The predicted octanol–water partition coefficient (Wildman–Crippen LogP) is 3.70. The number of hydrogen-bond acceptors (Lipinski definition) is 2. The van der Waals surface area contributed by atoms with Gasteiger partial charge < -0.3 is 15.0 Å². The van der Waals surface area contributed by atoms with Gasteiger partial charge in [0.25, 0.3) is 0 Å². The molecule has 0 radical (unpaired) electrons. The summed E-state index contributed by atoms with van der Waals surface area (Å²) >= 11 is 0. The van der Waals surface area contributed by atoms with Crippen LogP contribution in [0, 0.1) is 5.41 Å². The monoisotopic (exact) mass is 443 g/mol. The fourth-order valence-corrected chi connectivity index (χ4v) is 3.75. The van der Waals surface area contributed by atoms with Crippen LogP contribution in [0.2, 0.25) is 0 Å². The maximum atomic E-state index is 5.29. The molecular formula is C19H30IN3O. The Labute approximate surface area is 163 Å². The first-order valence-electron chi connectivity index (χ1n) is 8.91. The van der Waals surface area contributed by atoms with Gasteiger partial charge in [0.1, 0.15) is 5.75 Å². The molecule has 1 aliphatic heterocycles. The van der Waals surface area contributed by atoms with Crippen LogP contribution in [-0.2, 0) is 6.42 Å². The molecule has 134 valence electrons. The second kappa shape index (κ2) is 8.92. The fraction of sp³-hybridized carbons (Fsp3) is 0.632. The quantitative estimate of drug-likeness (QED) is 0.429. The van der Waals surface area contributed by atoms with E-state index in [1.165, 1.54) is 37.8 Å². The minimum absolute atomic E-state index is 0. The van der Waals surface area contributed by atoms with Crippen LogP contribution in [0.25, 0.3) is 0 Å². The van der Waals surface area contributed by atoms with E-state index in [2.05, 4.69) is 29.3 Å². The summed E-state index contributed by atoms with van der Waals surface area (Å²) in [5.74, 6) is 2.02. The van der Waals surface area contributed by atoms with Crippen LogP contribution in [0.1, 0.15) is 38.2 Å². The first kappa shape index (κ1) is 19.3. The maximum Gasteiger partial charge on any atom is 0.193 e. The Morgan fingerprint density at radius 2 is 2.17 bits per heavy atom. The van der Waals surface area contributed by atoms with Crippen LogP contribution >= 0.6 is 24.0 Å². The molecule has 2 fully saturated rings. The summed E-state index contributed by atoms with van der Waals surface area (Å²) in [6.45, 7) is 6.25. The number of hydrogen-bond donors (Lipinski definition) is 1. The lowest BCUT2D eigenvalue weighted by atomic mass is 9.68. The average Bonchev–Trinajstić information content (AvgIpc) is 3.00. The van der Waals surface area contributed by atoms with Crippen molar-refractivity contribution in [2.75, 3.05) is 33.3 Å². The molecule has 4 nitrogen and oxygen atoms in total. The standard InChI is InChI=1S/C19H29N3O.HI/c1-3-20-18(22-13-11-19(15-22)9-5-10-19)21-12-8-16-6-4-7-17(14-16)23-2;/h4,6-7,14H,3,5,8-13,15H2,1-2H3,(H,20,21);1H. The largest absolute Gasteiger partial charge is 0.497 e. The molecule has 1 saturated carbocycles. The molecule has 1 heterocycles. The van der Waals surface area contributed by atoms with E-state index >= 15 is 0 Å². The van der Waals surface area contributed by atoms with Crippen molar-refractivity contribution in [1.29, 1.82) is 0 Å². The van der Waals surface area contributed by atoms with Crippen molar-refractivity contribution in [2.24, 2.45) is 10.4 Å². The van der Waals surface area contributed by atoms with Crippen molar-refractivity contribution in [2.45, 2.75) is 39.0 Å². The highest BCUT2D eigenvalue weighted by Gasteiger charge is 2.43. The van der Waals surface area contributed by atoms with E-state index in [4.69, 9.17) is 9.73 Å². The van der Waals surface area contributed by atoms with E-state index in [-0.39, 0.29) is 24.0 Å². The Morgan fingerprint density at radius 3 is 2.79 bits per heavy atom. The van der Waals surface area contributed by atoms with E-state index in [1.54, 1.807) is 7.11 Å². The van der Waals surface area contributed by atoms with Gasteiger partial charge in [0.05, 0.1) is 7.11 Å². The molecule has 1 aliphatic carbocycles. The van der Waals surface area contributed by atoms with Crippen molar-refractivity contribution in [3.8, 4) is 5.75 Å².